The molecule has 0 bridgehead atoms. The quantitative estimate of drug-likeness (QED) is 0.615. The van der Waals surface area contributed by atoms with Crippen molar-refractivity contribution < 1.29 is 9.53 Å². The highest BCUT2D eigenvalue weighted by atomic mass is 16.5. The number of nitrogen functional groups attached to an aromatic ring is 1. The van der Waals surface area contributed by atoms with E-state index in [1.807, 2.05) is 18.7 Å². The minimum Gasteiger partial charge on any atom is -0.497 e. The molecule has 0 radical (unpaired) electrons. The Balaban J connectivity index is 2.93. The predicted molar refractivity (Wildman–Crippen MR) is 83.1 cm³/mol. The van der Waals surface area contributed by atoms with E-state index in [1.165, 1.54) is 0 Å². The van der Waals surface area contributed by atoms with E-state index >= 15 is 0 Å². The third kappa shape index (κ3) is 4.15. The van der Waals surface area contributed by atoms with Crippen molar-refractivity contribution in [2.75, 3.05) is 19.4 Å². The summed E-state index contributed by atoms with van der Waals surface area (Å²) in [6, 6.07) is 5.36. The third-order valence-electron chi connectivity index (χ3n) is 3.38. The second kappa shape index (κ2) is 7.78. The molecule has 1 amide bonds. The average Bonchev–Trinajstić information content (AvgIpc) is 2.43. The summed E-state index contributed by atoms with van der Waals surface area (Å²) in [5, 5.41) is 0. The molecule has 0 saturated heterocycles. The van der Waals surface area contributed by atoms with Gasteiger partial charge in [0.1, 0.15) is 5.75 Å². The molecule has 0 saturated carbocycles. The van der Waals surface area contributed by atoms with E-state index in [4.69, 9.17) is 10.5 Å². The van der Waals surface area contributed by atoms with E-state index in [0.717, 1.165) is 25.8 Å². The Morgan fingerprint density at radius 1 is 1.35 bits per heavy atom. The van der Waals surface area contributed by atoms with Gasteiger partial charge >= 0.3 is 0 Å². The molecule has 2 N–H and O–H groups in total. The van der Waals surface area contributed by atoms with Gasteiger partial charge in [-0.1, -0.05) is 19.8 Å². The number of carbonyl (C=O) groups excluding carboxylic acids is 1. The molecule has 1 aromatic rings. The van der Waals surface area contributed by atoms with E-state index in [1.54, 1.807) is 25.3 Å². The van der Waals surface area contributed by atoms with Crippen molar-refractivity contribution in [3.63, 3.8) is 0 Å². The van der Waals surface area contributed by atoms with Gasteiger partial charge < -0.3 is 15.4 Å². The molecule has 1 aromatic carbocycles. The molecule has 0 aliphatic heterocycles. The Morgan fingerprint density at radius 3 is 2.60 bits per heavy atom. The van der Waals surface area contributed by atoms with Crippen LogP contribution in [0.3, 0.4) is 0 Å². The zero-order valence-electron chi connectivity index (χ0n) is 13.0. The molecule has 0 unspecified atom stereocenters. The lowest BCUT2D eigenvalue weighted by Gasteiger charge is -2.27. The third-order valence-corrected chi connectivity index (χ3v) is 3.38. The summed E-state index contributed by atoms with van der Waals surface area (Å²) >= 11 is 0. The maximum atomic E-state index is 12.7. The monoisotopic (exact) mass is 278 g/mol. The van der Waals surface area contributed by atoms with Gasteiger partial charge in [0, 0.05) is 18.3 Å². The number of methoxy groups -OCH3 is 1. The molecule has 0 spiro atoms. The standard InChI is InChI=1S/C16H26N2O2/c1-5-6-7-10-18(12(2)3)16(19)14-11-13(20-4)8-9-15(14)17/h8-9,11-12H,5-7,10,17H2,1-4H3. The van der Waals surface area contributed by atoms with Crippen LogP contribution in [0.1, 0.15) is 50.4 Å². The normalized spacial score (nSPS) is 10.7. The lowest BCUT2D eigenvalue weighted by atomic mass is 10.1. The van der Waals surface area contributed by atoms with Crippen LogP contribution in [-0.2, 0) is 0 Å². The number of nitrogens with zero attached hydrogens (tertiary/aromatic N) is 1. The average molecular weight is 278 g/mol. The topological polar surface area (TPSA) is 55.6 Å². The Bertz CT molecular complexity index is 444. The van der Waals surface area contributed by atoms with Crippen molar-refractivity contribution in [3.8, 4) is 5.75 Å². The molecule has 0 heterocycles. The van der Waals surface area contributed by atoms with Gasteiger partial charge in [-0.15, -0.1) is 0 Å². The molecular formula is C16H26N2O2. The zero-order chi connectivity index (χ0) is 15.1. The number of benzene rings is 1. The van der Waals surface area contributed by atoms with Crippen LogP contribution >= 0.6 is 0 Å². The molecule has 0 atom stereocenters. The largest absolute Gasteiger partial charge is 0.497 e. The number of carbonyl (C=O) groups is 1. The van der Waals surface area contributed by atoms with Crippen LogP contribution in [0.25, 0.3) is 0 Å². The SMILES string of the molecule is CCCCCN(C(=O)c1cc(OC)ccc1N)C(C)C. The van der Waals surface area contributed by atoms with Crippen molar-refractivity contribution in [3.05, 3.63) is 23.8 Å². The molecule has 4 heteroatoms. The minimum absolute atomic E-state index is 0.0208. The fraction of sp³-hybridized carbons (Fsp3) is 0.562. The Labute approximate surface area is 121 Å². The van der Waals surface area contributed by atoms with Crippen LogP contribution in [-0.4, -0.2) is 30.5 Å². The first-order valence-electron chi connectivity index (χ1n) is 7.25. The maximum absolute atomic E-state index is 12.7. The number of ether oxygens (including phenoxy) is 1. The van der Waals surface area contributed by atoms with Gasteiger partial charge in [-0.05, 0) is 38.5 Å². The molecule has 1 rings (SSSR count). The Morgan fingerprint density at radius 2 is 2.05 bits per heavy atom. The number of rotatable bonds is 7. The molecule has 20 heavy (non-hydrogen) atoms. The number of hydrogen-bond donors (Lipinski definition) is 1. The lowest BCUT2D eigenvalue weighted by Crippen LogP contribution is -2.38. The van der Waals surface area contributed by atoms with Crippen molar-refractivity contribution >= 4 is 11.6 Å². The number of amides is 1. The summed E-state index contributed by atoms with van der Waals surface area (Å²) in [6.07, 6.45) is 3.29. The molecule has 0 fully saturated rings. The molecule has 4 nitrogen and oxygen atoms in total. The minimum atomic E-state index is -0.0208. The first-order valence-corrected chi connectivity index (χ1v) is 7.25. The summed E-state index contributed by atoms with van der Waals surface area (Å²) in [7, 11) is 1.58. The van der Waals surface area contributed by atoms with E-state index in [9.17, 15) is 4.79 Å². The van der Waals surface area contributed by atoms with Crippen molar-refractivity contribution in [2.45, 2.75) is 46.1 Å². The fourth-order valence-electron chi connectivity index (χ4n) is 2.13. The molecular weight excluding hydrogens is 252 g/mol. The molecule has 0 aliphatic rings. The van der Waals surface area contributed by atoms with Crippen LogP contribution in [0.15, 0.2) is 18.2 Å². The van der Waals surface area contributed by atoms with Crippen LogP contribution in [0.2, 0.25) is 0 Å². The van der Waals surface area contributed by atoms with Crippen molar-refractivity contribution in [1.82, 2.24) is 4.90 Å². The number of unbranched alkanes of at least 4 members (excludes halogenated alkanes) is 2. The predicted octanol–water partition coefficient (Wildman–Crippen LogP) is 3.32. The Hall–Kier alpha value is -1.71. The highest BCUT2D eigenvalue weighted by Gasteiger charge is 2.20. The Kier molecular flexibility index (Phi) is 6.36. The summed E-state index contributed by atoms with van der Waals surface area (Å²) in [4.78, 5) is 14.5. The zero-order valence-corrected chi connectivity index (χ0v) is 13.0. The fourth-order valence-corrected chi connectivity index (χ4v) is 2.13. The van der Waals surface area contributed by atoms with Gasteiger partial charge in [-0.2, -0.15) is 0 Å². The van der Waals surface area contributed by atoms with E-state index in [0.29, 0.717) is 17.0 Å². The summed E-state index contributed by atoms with van der Waals surface area (Å²) in [5.74, 6) is 0.632. The smallest absolute Gasteiger partial charge is 0.256 e. The molecule has 112 valence electrons. The van der Waals surface area contributed by atoms with Gasteiger partial charge in [0.2, 0.25) is 0 Å². The van der Waals surface area contributed by atoms with Crippen molar-refractivity contribution in [1.29, 1.82) is 0 Å². The molecule has 0 aliphatic carbocycles. The highest BCUT2D eigenvalue weighted by molar-refractivity contribution is 5.99. The second-order valence-corrected chi connectivity index (χ2v) is 5.25. The summed E-state index contributed by atoms with van der Waals surface area (Å²) in [5.41, 5.74) is 6.95. The maximum Gasteiger partial charge on any atom is 0.256 e. The van der Waals surface area contributed by atoms with Crippen molar-refractivity contribution in [2.24, 2.45) is 0 Å². The first-order chi connectivity index (χ1) is 9.51. The second-order valence-electron chi connectivity index (χ2n) is 5.25. The van der Waals surface area contributed by atoms with E-state index in [-0.39, 0.29) is 11.9 Å². The first kappa shape index (κ1) is 16.3. The number of nitrogens with two attached hydrogens (primary N) is 1. The summed E-state index contributed by atoms with van der Waals surface area (Å²) in [6.45, 7) is 6.98. The number of anilines is 1. The van der Waals surface area contributed by atoms with Crippen LogP contribution in [0.4, 0.5) is 5.69 Å². The lowest BCUT2D eigenvalue weighted by molar-refractivity contribution is 0.0703. The highest BCUT2D eigenvalue weighted by Crippen LogP contribution is 2.22. The van der Waals surface area contributed by atoms with Crippen LogP contribution in [0, 0.1) is 0 Å². The van der Waals surface area contributed by atoms with E-state index in [2.05, 4.69) is 6.92 Å². The summed E-state index contributed by atoms with van der Waals surface area (Å²) < 4.78 is 5.17. The van der Waals surface area contributed by atoms with Gasteiger partial charge in [-0.25, -0.2) is 0 Å². The van der Waals surface area contributed by atoms with Gasteiger partial charge in [0.15, 0.2) is 0 Å². The number of hydrogen-bond acceptors (Lipinski definition) is 3. The van der Waals surface area contributed by atoms with E-state index < -0.39 is 0 Å². The van der Waals surface area contributed by atoms with Crippen LogP contribution in [0.5, 0.6) is 5.75 Å². The van der Waals surface area contributed by atoms with Gasteiger partial charge in [-0.3, -0.25) is 4.79 Å². The van der Waals surface area contributed by atoms with Gasteiger partial charge in [0.05, 0.1) is 12.7 Å². The van der Waals surface area contributed by atoms with Crippen LogP contribution < -0.4 is 10.5 Å². The molecule has 0 aromatic heterocycles. The van der Waals surface area contributed by atoms with Gasteiger partial charge in [0.25, 0.3) is 5.91 Å².